The lowest BCUT2D eigenvalue weighted by molar-refractivity contribution is -0.123. The summed E-state index contributed by atoms with van der Waals surface area (Å²) in [6, 6.07) is 7.65. The van der Waals surface area contributed by atoms with Gasteiger partial charge in [-0.25, -0.2) is 19.7 Å². The molecule has 156 valence electrons. The van der Waals surface area contributed by atoms with Gasteiger partial charge in [0.15, 0.2) is 0 Å². The fourth-order valence-electron chi connectivity index (χ4n) is 3.82. The standard InChI is InChI=1S/C21H23N5O4/c1-2-30-20(29)15-4-6-16(7-5-15)26-18(27)14-17(19(26)28)24-10-12-25(13-11-24)21-22-8-3-9-23-21/h3-9,17H,2,10-14H2,1H3/t17-/m1/s1. The van der Waals surface area contributed by atoms with Crippen molar-refractivity contribution in [1.82, 2.24) is 14.9 Å². The van der Waals surface area contributed by atoms with E-state index in [4.69, 9.17) is 4.74 Å². The quantitative estimate of drug-likeness (QED) is 0.535. The molecule has 3 heterocycles. The minimum absolute atomic E-state index is 0.153. The Hall–Kier alpha value is -3.33. The fraction of sp³-hybridized carbons (Fsp3) is 0.381. The second kappa shape index (κ2) is 8.58. The number of hydrogen-bond donors (Lipinski definition) is 0. The SMILES string of the molecule is CCOC(=O)c1ccc(N2C(=O)C[C@@H](N3CCN(c4ncccn4)CC3)C2=O)cc1. The molecule has 0 bridgehead atoms. The number of benzene rings is 1. The van der Waals surface area contributed by atoms with Crippen LogP contribution in [-0.4, -0.2) is 71.5 Å². The topological polar surface area (TPSA) is 95.9 Å². The van der Waals surface area contributed by atoms with Crippen LogP contribution in [0.3, 0.4) is 0 Å². The van der Waals surface area contributed by atoms with Gasteiger partial charge < -0.3 is 9.64 Å². The number of nitrogens with zero attached hydrogens (tertiary/aromatic N) is 5. The van der Waals surface area contributed by atoms with E-state index in [9.17, 15) is 14.4 Å². The maximum absolute atomic E-state index is 13.0. The molecule has 1 atom stereocenters. The second-order valence-electron chi connectivity index (χ2n) is 7.13. The highest BCUT2D eigenvalue weighted by atomic mass is 16.5. The van der Waals surface area contributed by atoms with Crippen molar-refractivity contribution in [3.05, 3.63) is 48.3 Å². The van der Waals surface area contributed by atoms with Gasteiger partial charge in [-0.2, -0.15) is 0 Å². The molecule has 1 aromatic heterocycles. The molecular formula is C21H23N5O4. The summed E-state index contributed by atoms with van der Waals surface area (Å²) in [5.74, 6) is -0.216. The number of piperazine rings is 1. The Morgan fingerprint density at radius 2 is 1.73 bits per heavy atom. The van der Waals surface area contributed by atoms with Crippen LogP contribution in [0.1, 0.15) is 23.7 Å². The van der Waals surface area contributed by atoms with Crippen molar-refractivity contribution in [2.75, 3.05) is 42.6 Å². The number of ether oxygens (including phenoxy) is 1. The van der Waals surface area contributed by atoms with Gasteiger partial charge in [-0.3, -0.25) is 14.5 Å². The molecule has 2 aliphatic rings. The third-order valence-electron chi connectivity index (χ3n) is 5.35. The molecule has 2 saturated heterocycles. The summed E-state index contributed by atoms with van der Waals surface area (Å²) in [5.41, 5.74) is 0.854. The summed E-state index contributed by atoms with van der Waals surface area (Å²) >= 11 is 0. The Morgan fingerprint density at radius 3 is 2.37 bits per heavy atom. The molecule has 2 fully saturated rings. The first-order valence-electron chi connectivity index (χ1n) is 9.98. The van der Waals surface area contributed by atoms with E-state index in [1.54, 1.807) is 49.6 Å². The minimum atomic E-state index is -0.471. The number of aromatic nitrogens is 2. The minimum Gasteiger partial charge on any atom is -0.462 e. The van der Waals surface area contributed by atoms with E-state index in [0.717, 1.165) is 0 Å². The van der Waals surface area contributed by atoms with Crippen LogP contribution in [0.5, 0.6) is 0 Å². The second-order valence-corrected chi connectivity index (χ2v) is 7.13. The van der Waals surface area contributed by atoms with Crippen molar-refractivity contribution in [1.29, 1.82) is 0 Å². The van der Waals surface area contributed by atoms with Gasteiger partial charge in [0, 0.05) is 38.6 Å². The van der Waals surface area contributed by atoms with E-state index in [0.29, 0.717) is 43.4 Å². The molecular weight excluding hydrogens is 386 g/mol. The molecule has 9 nitrogen and oxygen atoms in total. The van der Waals surface area contributed by atoms with Crippen LogP contribution < -0.4 is 9.80 Å². The van der Waals surface area contributed by atoms with E-state index in [1.807, 2.05) is 4.90 Å². The van der Waals surface area contributed by atoms with Gasteiger partial charge >= 0.3 is 5.97 Å². The normalized spacial score (nSPS) is 20.0. The lowest BCUT2D eigenvalue weighted by Crippen LogP contribution is -2.53. The average Bonchev–Trinajstić information content (AvgIpc) is 3.08. The molecule has 4 rings (SSSR count). The van der Waals surface area contributed by atoms with Crippen molar-refractivity contribution in [3.8, 4) is 0 Å². The summed E-state index contributed by atoms with van der Waals surface area (Å²) in [5, 5.41) is 0. The fourth-order valence-corrected chi connectivity index (χ4v) is 3.82. The van der Waals surface area contributed by atoms with Crippen LogP contribution in [-0.2, 0) is 14.3 Å². The maximum atomic E-state index is 13.0. The van der Waals surface area contributed by atoms with Crippen LogP contribution in [0.25, 0.3) is 0 Å². The van der Waals surface area contributed by atoms with Gasteiger partial charge in [0.2, 0.25) is 11.9 Å². The number of carbonyl (C=O) groups excluding carboxylic acids is 3. The molecule has 1 aromatic carbocycles. The Balaban J connectivity index is 1.41. The van der Waals surface area contributed by atoms with Gasteiger partial charge in [0.1, 0.15) is 0 Å². The van der Waals surface area contributed by atoms with E-state index >= 15 is 0 Å². The Bertz CT molecular complexity index is 926. The van der Waals surface area contributed by atoms with Crippen LogP contribution >= 0.6 is 0 Å². The molecule has 30 heavy (non-hydrogen) atoms. The number of rotatable bonds is 5. The zero-order chi connectivity index (χ0) is 21.1. The molecule has 0 N–H and O–H groups in total. The monoisotopic (exact) mass is 409 g/mol. The van der Waals surface area contributed by atoms with Gasteiger partial charge in [-0.1, -0.05) is 0 Å². The summed E-state index contributed by atoms with van der Waals surface area (Å²) in [7, 11) is 0. The third-order valence-corrected chi connectivity index (χ3v) is 5.35. The van der Waals surface area contributed by atoms with Crippen LogP contribution in [0.4, 0.5) is 11.6 Å². The Kier molecular flexibility index (Phi) is 5.71. The van der Waals surface area contributed by atoms with Crippen molar-refractivity contribution in [2.24, 2.45) is 0 Å². The Morgan fingerprint density at radius 1 is 1.07 bits per heavy atom. The number of anilines is 2. The summed E-state index contributed by atoms with van der Waals surface area (Å²) in [6.07, 6.45) is 3.57. The third kappa shape index (κ3) is 3.88. The molecule has 9 heteroatoms. The van der Waals surface area contributed by atoms with Gasteiger partial charge in [0.05, 0.1) is 30.3 Å². The van der Waals surface area contributed by atoms with Gasteiger partial charge in [0.25, 0.3) is 5.91 Å². The zero-order valence-corrected chi connectivity index (χ0v) is 16.7. The number of hydrogen-bond acceptors (Lipinski definition) is 8. The first-order chi connectivity index (χ1) is 14.6. The maximum Gasteiger partial charge on any atom is 0.338 e. The number of imide groups is 1. The highest BCUT2D eigenvalue weighted by molar-refractivity contribution is 6.22. The highest BCUT2D eigenvalue weighted by Gasteiger charge is 2.43. The average molecular weight is 409 g/mol. The lowest BCUT2D eigenvalue weighted by Gasteiger charge is -2.36. The molecule has 2 aliphatic heterocycles. The first-order valence-corrected chi connectivity index (χ1v) is 9.98. The van der Waals surface area contributed by atoms with Crippen molar-refractivity contribution >= 4 is 29.4 Å². The summed E-state index contributed by atoms with van der Waals surface area (Å²) in [4.78, 5) is 51.3. The number of carbonyl (C=O) groups is 3. The van der Waals surface area contributed by atoms with Crippen LogP contribution in [0, 0.1) is 0 Å². The van der Waals surface area contributed by atoms with E-state index in [2.05, 4.69) is 14.9 Å². The van der Waals surface area contributed by atoms with Crippen molar-refractivity contribution in [3.63, 3.8) is 0 Å². The van der Waals surface area contributed by atoms with Crippen molar-refractivity contribution < 1.29 is 19.1 Å². The Labute approximate surface area is 174 Å². The van der Waals surface area contributed by atoms with Gasteiger partial charge in [-0.05, 0) is 37.3 Å². The number of esters is 1. The zero-order valence-electron chi connectivity index (χ0n) is 16.7. The van der Waals surface area contributed by atoms with Crippen LogP contribution in [0.15, 0.2) is 42.7 Å². The molecule has 0 radical (unpaired) electrons. The predicted octanol–water partition coefficient (Wildman–Crippen LogP) is 1.11. The molecule has 0 aliphatic carbocycles. The largest absolute Gasteiger partial charge is 0.462 e. The van der Waals surface area contributed by atoms with E-state index in [1.165, 1.54) is 4.90 Å². The van der Waals surface area contributed by atoms with E-state index < -0.39 is 12.0 Å². The molecule has 0 unspecified atom stereocenters. The molecule has 2 aromatic rings. The summed E-state index contributed by atoms with van der Waals surface area (Å²) in [6.45, 7) is 4.71. The summed E-state index contributed by atoms with van der Waals surface area (Å²) < 4.78 is 4.97. The molecule has 0 saturated carbocycles. The first kappa shape index (κ1) is 20.0. The van der Waals surface area contributed by atoms with Gasteiger partial charge in [-0.15, -0.1) is 0 Å². The number of amides is 2. The molecule has 2 amide bonds. The molecule has 0 spiro atoms. The highest BCUT2D eigenvalue weighted by Crippen LogP contribution is 2.27. The van der Waals surface area contributed by atoms with Crippen LogP contribution in [0.2, 0.25) is 0 Å². The van der Waals surface area contributed by atoms with Crippen molar-refractivity contribution in [2.45, 2.75) is 19.4 Å². The lowest BCUT2D eigenvalue weighted by atomic mass is 10.1. The predicted molar refractivity (Wildman–Crippen MR) is 109 cm³/mol. The van der Waals surface area contributed by atoms with E-state index in [-0.39, 0.29) is 24.8 Å². The smallest absolute Gasteiger partial charge is 0.338 e.